The molecule has 0 radical (unpaired) electrons. The number of nitrogens with zero attached hydrogens (tertiary/aromatic N) is 2. The molecule has 4 rings (SSSR count). The fourth-order valence-electron chi connectivity index (χ4n) is 4.74. The Labute approximate surface area is 185 Å². The van der Waals surface area contributed by atoms with E-state index < -0.39 is 0 Å². The van der Waals surface area contributed by atoms with Crippen molar-refractivity contribution in [3.63, 3.8) is 0 Å². The first-order chi connectivity index (χ1) is 14.9. The summed E-state index contributed by atoms with van der Waals surface area (Å²) >= 11 is 0. The van der Waals surface area contributed by atoms with Crippen LogP contribution in [0.2, 0.25) is 0 Å². The lowest BCUT2D eigenvalue weighted by atomic mass is 9.88. The third-order valence-electron chi connectivity index (χ3n) is 6.43. The Bertz CT molecular complexity index is 984. The first kappa shape index (κ1) is 21.4. The molecule has 5 nitrogen and oxygen atoms in total. The molecule has 2 aromatic carbocycles. The van der Waals surface area contributed by atoms with E-state index in [1.165, 1.54) is 11.1 Å². The molecule has 0 saturated carbocycles. The van der Waals surface area contributed by atoms with E-state index in [1.54, 1.807) is 0 Å². The number of carbonyl (C=O) groups excluding carboxylic acids is 2. The third-order valence-corrected chi connectivity index (χ3v) is 6.43. The van der Waals surface area contributed by atoms with Gasteiger partial charge in [-0.15, -0.1) is 0 Å². The molecule has 2 atom stereocenters. The monoisotopic (exact) mass is 420 g/mol. The lowest BCUT2D eigenvalue weighted by Gasteiger charge is -2.37. The second-order valence-electron chi connectivity index (χ2n) is 9.08. The fourth-order valence-corrected chi connectivity index (χ4v) is 4.74. The number of fused-ring (bicyclic) bond motifs is 2. The molecular weight excluding hydrogens is 388 g/mol. The van der Waals surface area contributed by atoms with Gasteiger partial charge in [0.25, 0.3) is 0 Å². The van der Waals surface area contributed by atoms with E-state index in [0.29, 0.717) is 19.6 Å². The molecule has 0 N–H and O–H groups in total. The maximum absolute atomic E-state index is 13.4. The van der Waals surface area contributed by atoms with Gasteiger partial charge in [0.2, 0.25) is 11.8 Å². The zero-order valence-electron chi connectivity index (χ0n) is 18.9. The number of hydrogen-bond acceptors (Lipinski definition) is 3. The van der Waals surface area contributed by atoms with E-state index in [9.17, 15) is 9.59 Å². The number of anilines is 2. The largest absolute Gasteiger partial charge is 0.490 e. The van der Waals surface area contributed by atoms with Gasteiger partial charge in [0.15, 0.2) is 0 Å². The summed E-state index contributed by atoms with van der Waals surface area (Å²) in [4.78, 5) is 30.1. The average Bonchev–Trinajstić information content (AvgIpc) is 2.77. The van der Waals surface area contributed by atoms with Crippen LogP contribution in [0.15, 0.2) is 42.5 Å². The topological polar surface area (TPSA) is 49.9 Å². The van der Waals surface area contributed by atoms with Crippen LogP contribution >= 0.6 is 0 Å². The first-order valence-electron chi connectivity index (χ1n) is 11.4. The van der Waals surface area contributed by atoms with Gasteiger partial charge in [0, 0.05) is 23.6 Å². The molecule has 2 aliphatic heterocycles. The van der Waals surface area contributed by atoms with Gasteiger partial charge in [-0.2, -0.15) is 0 Å². The SMILES string of the molecule is CC(C)C(=O)N1c2cccc(CC(C)C(=O)N3CCOc4ccccc43)c2CCC1C. The maximum atomic E-state index is 13.4. The molecule has 0 saturated heterocycles. The summed E-state index contributed by atoms with van der Waals surface area (Å²) in [6, 6.07) is 14.1. The van der Waals surface area contributed by atoms with Crippen molar-refractivity contribution in [2.45, 2.75) is 53.0 Å². The van der Waals surface area contributed by atoms with Gasteiger partial charge in [-0.05, 0) is 55.5 Å². The number of ether oxygens (including phenoxy) is 1. The van der Waals surface area contributed by atoms with E-state index in [0.717, 1.165) is 30.0 Å². The molecule has 0 aliphatic carbocycles. The van der Waals surface area contributed by atoms with Crippen LogP contribution in [0.25, 0.3) is 0 Å². The predicted molar refractivity (Wildman–Crippen MR) is 124 cm³/mol. The van der Waals surface area contributed by atoms with Crippen LogP contribution < -0.4 is 14.5 Å². The Morgan fingerprint density at radius 2 is 1.77 bits per heavy atom. The summed E-state index contributed by atoms with van der Waals surface area (Å²) in [7, 11) is 0. The maximum Gasteiger partial charge on any atom is 0.230 e. The summed E-state index contributed by atoms with van der Waals surface area (Å²) in [6.07, 6.45) is 2.55. The highest BCUT2D eigenvalue weighted by molar-refractivity contribution is 5.98. The van der Waals surface area contributed by atoms with Crippen LogP contribution in [0.1, 0.15) is 45.2 Å². The van der Waals surface area contributed by atoms with E-state index in [-0.39, 0.29) is 29.7 Å². The Balaban J connectivity index is 1.58. The van der Waals surface area contributed by atoms with Crippen molar-refractivity contribution in [2.24, 2.45) is 11.8 Å². The normalized spacial score (nSPS) is 18.8. The Morgan fingerprint density at radius 1 is 1.03 bits per heavy atom. The molecule has 0 spiro atoms. The van der Waals surface area contributed by atoms with Crippen LogP contribution in [-0.4, -0.2) is 31.0 Å². The summed E-state index contributed by atoms with van der Waals surface area (Å²) in [5, 5.41) is 0. The summed E-state index contributed by atoms with van der Waals surface area (Å²) in [6.45, 7) is 9.12. The van der Waals surface area contributed by atoms with Crippen molar-refractivity contribution in [3.05, 3.63) is 53.6 Å². The molecule has 5 heteroatoms. The molecule has 0 aromatic heterocycles. The molecule has 164 valence electrons. The van der Waals surface area contributed by atoms with Gasteiger partial charge in [-0.3, -0.25) is 9.59 Å². The van der Waals surface area contributed by atoms with Gasteiger partial charge < -0.3 is 14.5 Å². The summed E-state index contributed by atoms with van der Waals surface area (Å²) < 4.78 is 5.71. The minimum atomic E-state index is -0.161. The van der Waals surface area contributed by atoms with Crippen molar-refractivity contribution in [2.75, 3.05) is 23.0 Å². The molecule has 0 bridgehead atoms. The van der Waals surface area contributed by atoms with E-state index >= 15 is 0 Å². The Kier molecular flexibility index (Phi) is 6.03. The molecule has 0 fully saturated rings. The van der Waals surface area contributed by atoms with E-state index in [1.807, 2.05) is 60.9 Å². The van der Waals surface area contributed by atoms with E-state index in [4.69, 9.17) is 4.74 Å². The Hall–Kier alpha value is -2.82. The highest BCUT2D eigenvalue weighted by atomic mass is 16.5. The average molecular weight is 421 g/mol. The van der Waals surface area contributed by atoms with Crippen LogP contribution in [0, 0.1) is 11.8 Å². The molecule has 2 heterocycles. The number of benzene rings is 2. The minimum Gasteiger partial charge on any atom is -0.490 e. The van der Waals surface area contributed by atoms with Crippen LogP contribution in [0.3, 0.4) is 0 Å². The number of para-hydroxylation sites is 2. The lowest BCUT2D eigenvalue weighted by molar-refractivity contribution is -0.122. The first-order valence-corrected chi connectivity index (χ1v) is 11.4. The Morgan fingerprint density at radius 3 is 2.55 bits per heavy atom. The van der Waals surface area contributed by atoms with Crippen molar-refractivity contribution < 1.29 is 14.3 Å². The molecule has 2 aliphatic rings. The van der Waals surface area contributed by atoms with Crippen molar-refractivity contribution in [1.29, 1.82) is 0 Å². The summed E-state index contributed by atoms with van der Waals surface area (Å²) in [5.41, 5.74) is 4.26. The number of hydrogen-bond donors (Lipinski definition) is 0. The zero-order chi connectivity index (χ0) is 22.1. The highest BCUT2D eigenvalue weighted by Crippen LogP contribution is 2.36. The summed E-state index contributed by atoms with van der Waals surface area (Å²) in [5.74, 6) is 0.848. The zero-order valence-corrected chi connectivity index (χ0v) is 18.9. The fraction of sp³-hybridized carbons (Fsp3) is 0.462. The molecule has 31 heavy (non-hydrogen) atoms. The molecule has 2 aromatic rings. The smallest absolute Gasteiger partial charge is 0.230 e. The predicted octanol–water partition coefficient (Wildman–Crippen LogP) is 4.61. The molecular formula is C26H32N2O3. The highest BCUT2D eigenvalue weighted by Gasteiger charge is 2.32. The lowest BCUT2D eigenvalue weighted by Crippen LogP contribution is -2.44. The van der Waals surface area contributed by atoms with Gasteiger partial charge in [0.05, 0.1) is 12.2 Å². The number of amides is 2. The van der Waals surface area contributed by atoms with Gasteiger partial charge in [-0.25, -0.2) is 0 Å². The molecule has 2 amide bonds. The molecule has 2 unspecified atom stereocenters. The van der Waals surface area contributed by atoms with Crippen molar-refractivity contribution in [1.82, 2.24) is 0 Å². The van der Waals surface area contributed by atoms with Crippen LogP contribution in [0.4, 0.5) is 11.4 Å². The number of rotatable bonds is 4. The van der Waals surface area contributed by atoms with Crippen LogP contribution in [0.5, 0.6) is 5.75 Å². The van der Waals surface area contributed by atoms with Crippen molar-refractivity contribution in [3.8, 4) is 5.75 Å². The standard InChI is InChI=1S/C26H32N2O3/c1-17(2)25(29)28-19(4)12-13-21-20(8-7-10-22(21)28)16-18(3)26(30)27-14-15-31-24-11-6-5-9-23(24)27/h5-11,17-19H,12-16H2,1-4H3. The minimum absolute atomic E-state index is 0.0426. The second-order valence-corrected chi connectivity index (χ2v) is 9.08. The van der Waals surface area contributed by atoms with Gasteiger partial charge in [-0.1, -0.05) is 45.0 Å². The van der Waals surface area contributed by atoms with Crippen LogP contribution in [-0.2, 0) is 22.4 Å². The quantitative estimate of drug-likeness (QED) is 0.726. The van der Waals surface area contributed by atoms with E-state index in [2.05, 4.69) is 19.1 Å². The van der Waals surface area contributed by atoms with Gasteiger partial charge in [0.1, 0.15) is 12.4 Å². The second kappa shape index (κ2) is 8.74. The number of carbonyl (C=O) groups is 2. The van der Waals surface area contributed by atoms with Crippen molar-refractivity contribution >= 4 is 23.2 Å². The third kappa shape index (κ3) is 4.06. The van der Waals surface area contributed by atoms with Gasteiger partial charge >= 0.3 is 0 Å².